The standard InChI is InChI=1S/C19H22ClNO5/c1-24-18-4-2-3-5-19(18)25-9-8-21-11-15(23)13-26-16-7-6-14(12-22)17(20)10-16/h2-7,10,12,15,21,23H,8-9,11,13H2,1H3/t15-/m1/s1. The second-order valence-corrected chi connectivity index (χ2v) is 5.88. The zero-order valence-corrected chi connectivity index (χ0v) is 15.2. The molecule has 6 nitrogen and oxygen atoms in total. The summed E-state index contributed by atoms with van der Waals surface area (Å²) in [5, 5.41) is 13.4. The molecule has 0 spiro atoms. The number of carbonyl (C=O) groups is 1. The van der Waals surface area contributed by atoms with Crippen LogP contribution in [0, 0.1) is 0 Å². The maximum atomic E-state index is 10.7. The lowest BCUT2D eigenvalue weighted by Crippen LogP contribution is -2.33. The zero-order chi connectivity index (χ0) is 18.8. The number of para-hydroxylation sites is 2. The van der Waals surface area contributed by atoms with E-state index in [-0.39, 0.29) is 6.61 Å². The van der Waals surface area contributed by atoms with Gasteiger partial charge in [0.2, 0.25) is 0 Å². The molecular formula is C19H22ClNO5. The van der Waals surface area contributed by atoms with E-state index in [1.165, 1.54) is 0 Å². The molecule has 0 unspecified atom stereocenters. The smallest absolute Gasteiger partial charge is 0.161 e. The lowest BCUT2D eigenvalue weighted by atomic mass is 10.2. The summed E-state index contributed by atoms with van der Waals surface area (Å²) in [4.78, 5) is 10.7. The minimum atomic E-state index is -0.689. The Morgan fingerprint density at radius 2 is 1.96 bits per heavy atom. The topological polar surface area (TPSA) is 77.0 Å². The van der Waals surface area contributed by atoms with Gasteiger partial charge >= 0.3 is 0 Å². The maximum Gasteiger partial charge on any atom is 0.161 e. The number of halogens is 1. The minimum Gasteiger partial charge on any atom is -0.493 e. The fraction of sp³-hybridized carbons (Fsp3) is 0.316. The Kier molecular flexibility index (Phi) is 8.21. The molecule has 140 valence electrons. The van der Waals surface area contributed by atoms with E-state index in [4.69, 9.17) is 25.8 Å². The van der Waals surface area contributed by atoms with Gasteiger partial charge in [-0.05, 0) is 30.3 Å². The molecule has 0 aliphatic rings. The first-order valence-corrected chi connectivity index (χ1v) is 8.54. The molecule has 2 aromatic carbocycles. The van der Waals surface area contributed by atoms with Gasteiger partial charge in [-0.15, -0.1) is 0 Å². The third-order valence-electron chi connectivity index (χ3n) is 3.53. The molecule has 1 atom stereocenters. The number of methoxy groups -OCH3 is 1. The molecule has 0 fully saturated rings. The average Bonchev–Trinajstić information content (AvgIpc) is 2.66. The van der Waals surface area contributed by atoms with E-state index >= 15 is 0 Å². The predicted octanol–water partition coefficient (Wildman–Crippen LogP) is 2.57. The number of hydrogen-bond donors (Lipinski definition) is 2. The van der Waals surface area contributed by atoms with Crippen molar-refractivity contribution in [3.8, 4) is 17.2 Å². The molecule has 0 amide bonds. The summed E-state index contributed by atoms with van der Waals surface area (Å²) in [6, 6.07) is 12.2. The van der Waals surface area contributed by atoms with Crippen LogP contribution >= 0.6 is 11.6 Å². The average molecular weight is 380 g/mol. The lowest BCUT2D eigenvalue weighted by molar-refractivity contribution is 0.105. The Morgan fingerprint density at radius 3 is 2.65 bits per heavy atom. The van der Waals surface area contributed by atoms with Gasteiger partial charge in [0.25, 0.3) is 0 Å². The third kappa shape index (κ3) is 6.22. The van der Waals surface area contributed by atoms with Gasteiger partial charge in [-0.25, -0.2) is 0 Å². The number of ether oxygens (including phenoxy) is 3. The monoisotopic (exact) mass is 379 g/mol. The number of aliphatic hydroxyl groups is 1. The highest BCUT2D eigenvalue weighted by Gasteiger charge is 2.07. The molecule has 0 aliphatic heterocycles. The molecule has 2 rings (SSSR count). The van der Waals surface area contributed by atoms with Gasteiger partial charge in [0.05, 0.1) is 12.1 Å². The summed E-state index contributed by atoms with van der Waals surface area (Å²) < 4.78 is 16.3. The first-order chi connectivity index (χ1) is 12.6. The van der Waals surface area contributed by atoms with Crippen molar-refractivity contribution in [2.24, 2.45) is 0 Å². The summed E-state index contributed by atoms with van der Waals surface area (Å²) in [6.45, 7) is 1.47. The Morgan fingerprint density at radius 1 is 1.19 bits per heavy atom. The number of aliphatic hydroxyl groups excluding tert-OH is 1. The molecular weight excluding hydrogens is 358 g/mol. The third-order valence-corrected chi connectivity index (χ3v) is 3.85. The Bertz CT molecular complexity index is 710. The van der Waals surface area contributed by atoms with E-state index in [9.17, 15) is 9.90 Å². The molecule has 26 heavy (non-hydrogen) atoms. The van der Waals surface area contributed by atoms with Crippen LogP contribution in [-0.4, -0.2) is 50.9 Å². The molecule has 0 aliphatic carbocycles. The molecule has 0 radical (unpaired) electrons. The van der Waals surface area contributed by atoms with E-state index in [1.807, 2.05) is 24.3 Å². The fourth-order valence-corrected chi connectivity index (χ4v) is 2.40. The van der Waals surface area contributed by atoms with Crippen LogP contribution in [0.15, 0.2) is 42.5 Å². The van der Waals surface area contributed by atoms with E-state index in [2.05, 4.69) is 5.32 Å². The van der Waals surface area contributed by atoms with Crippen LogP contribution in [0.2, 0.25) is 5.02 Å². The number of benzene rings is 2. The van der Waals surface area contributed by atoms with Crippen LogP contribution in [0.4, 0.5) is 0 Å². The van der Waals surface area contributed by atoms with Gasteiger partial charge in [-0.3, -0.25) is 4.79 Å². The molecule has 7 heteroatoms. The van der Waals surface area contributed by atoms with Gasteiger partial charge in [-0.1, -0.05) is 23.7 Å². The molecule has 0 heterocycles. The summed E-state index contributed by atoms with van der Waals surface area (Å²) in [5.41, 5.74) is 0.399. The Balaban J connectivity index is 1.64. The molecule has 0 saturated heterocycles. The number of nitrogens with one attached hydrogen (secondary N) is 1. The van der Waals surface area contributed by atoms with Gasteiger partial charge in [0.1, 0.15) is 25.1 Å². The normalized spacial score (nSPS) is 11.7. The second kappa shape index (κ2) is 10.7. The van der Waals surface area contributed by atoms with E-state index < -0.39 is 6.10 Å². The van der Waals surface area contributed by atoms with Crippen molar-refractivity contribution < 1.29 is 24.1 Å². The van der Waals surface area contributed by atoms with Crippen LogP contribution < -0.4 is 19.5 Å². The maximum absolute atomic E-state index is 10.7. The summed E-state index contributed by atoms with van der Waals surface area (Å²) in [5.74, 6) is 1.86. The SMILES string of the molecule is COc1ccccc1OCCNC[C@@H](O)COc1ccc(C=O)c(Cl)c1. The van der Waals surface area contributed by atoms with Crippen molar-refractivity contribution in [3.05, 3.63) is 53.1 Å². The highest BCUT2D eigenvalue weighted by atomic mass is 35.5. The number of aldehydes is 1. The predicted molar refractivity (Wildman–Crippen MR) is 99.7 cm³/mol. The molecule has 0 bridgehead atoms. The van der Waals surface area contributed by atoms with Crippen molar-refractivity contribution in [1.82, 2.24) is 5.32 Å². The highest BCUT2D eigenvalue weighted by molar-refractivity contribution is 6.33. The first kappa shape index (κ1) is 20.0. The van der Waals surface area contributed by atoms with E-state index in [0.717, 1.165) is 0 Å². The van der Waals surface area contributed by atoms with Crippen LogP contribution in [-0.2, 0) is 0 Å². The number of rotatable bonds is 11. The summed E-state index contributed by atoms with van der Waals surface area (Å²) >= 11 is 5.93. The van der Waals surface area contributed by atoms with Crippen LogP contribution in [0.1, 0.15) is 10.4 Å². The Labute approximate surface area is 157 Å². The molecule has 0 saturated carbocycles. The van der Waals surface area contributed by atoms with Crippen LogP contribution in [0.3, 0.4) is 0 Å². The van der Waals surface area contributed by atoms with Crippen molar-refractivity contribution in [3.63, 3.8) is 0 Å². The zero-order valence-electron chi connectivity index (χ0n) is 14.5. The summed E-state index contributed by atoms with van der Waals surface area (Å²) in [6.07, 6.45) is -0.0105. The molecule has 2 N–H and O–H groups in total. The largest absolute Gasteiger partial charge is 0.493 e. The minimum absolute atomic E-state index is 0.108. The van der Waals surface area contributed by atoms with E-state index in [0.29, 0.717) is 53.8 Å². The first-order valence-electron chi connectivity index (χ1n) is 8.16. The molecule has 0 aromatic heterocycles. The van der Waals surface area contributed by atoms with Crippen LogP contribution in [0.25, 0.3) is 0 Å². The second-order valence-electron chi connectivity index (χ2n) is 5.47. The van der Waals surface area contributed by atoms with Crippen molar-refractivity contribution in [1.29, 1.82) is 0 Å². The van der Waals surface area contributed by atoms with E-state index in [1.54, 1.807) is 25.3 Å². The quantitative estimate of drug-likeness (QED) is 0.461. The van der Waals surface area contributed by atoms with Gasteiger partial charge in [0.15, 0.2) is 17.8 Å². The lowest BCUT2D eigenvalue weighted by Gasteiger charge is -2.14. The summed E-state index contributed by atoms with van der Waals surface area (Å²) in [7, 11) is 1.59. The highest BCUT2D eigenvalue weighted by Crippen LogP contribution is 2.25. The fourth-order valence-electron chi connectivity index (χ4n) is 2.18. The van der Waals surface area contributed by atoms with Crippen molar-refractivity contribution in [2.45, 2.75) is 6.10 Å². The van der Waals surface area contributed by atoms with Crippen molar-refractivity contribution in [2.75, 3.05) is 33.4 Å². The Hall–Kier alpha value is -2.28. The van der Waals surface area contributed by atoms with Crippen molar-refractivity contribution >= 4 is 17.9 Å². The van der Waals surface area contributed by atoms with Gasteiger partial charge in [-0.2, -0.15) is 0 Å². The van der Waals surface area contributed by atoms with Crippen LogP contribution in [0.5, 0.6) is 17.2 Å². The van der Waals surface area contributed by atoms with Gasteiger partial charge < -0.3 is 24.6 Å². The molecule has 2 aromatic rings. The number of carbonyl (C=O) groups excluding carboxylic acids is 1. The number of hydrogen-bond acceptors (Lipinski definition) is 6. The van der Waals surface area contributed by atoms with Gasteiger partial charge in [0, 0.05) is 18.7 Å².